The van der Waals surface area contributed by atoms with Gasteiger partial charge in [-0.1, -0.05) is 0 Å². The molecular formula is C7H16N2O6. The number of carbonyl (C=O) groups is 1. The molecule has 0 aliphatic carbocycles. The fourth-order valence-electron chi connectivity index (χ4n) is 0.889. The van der Waals surface area contributed by atoms with E-state index in [4.69, 9.17) is 20.4 Å². The van der Waals surface area contributed by atoms with Gasteiger partial charge in [0.1, 0.15) is 12.6 Å². The van der Waals surface area contributed by atoms with Crippen LogP contribution in [0.3, 0.4) is 0 Å². The minimum Gasteiger partial charge on any atom is -0.550 e. The van der Waals surface area contributed by atoms with Gasteiger partial charge in [0.05, 0.1) is 21.1 Å². The molecule has 0 aliphatic heterocycles. The zero-order valence-electron chi connectivity index (χ0n) is 8.91. The van der Waals surface area contributed by atoms with E-state index in [0.29, 0.717) is 11.0 Å². The van der Waals surface area contributed by atoms with E-state index in [1.54, 1.807) is 0 Å². The number of aliphatic hydroxyl groups is 1. The quantitative estimate of drug-likeness (QED) is 0.318. The van der Waals surface area contributed by atoms with Crippen LogP contribution in [0.2, 0.25) is 0 Å². The number of quaternary nitrogens is 1. The van der Waals surface area contributed by atoms with E-state index in [0.717, 1.165) is 0 Å². The largest absolute Gasteiger partial charge is 0.550 e. The third-order valence-electron chi connectivity index (χ3n) is 1.16. The Morgan fingerprint density at radius 1 is 1.47 bits per heavy atom. The maximum Gasteiger partial charge on any atom is 0.291 e. The third-order valence-corrected chi connectivity index (χ3v) is 1.16. The molecule has 0 saturated heterocycles. The zero-order valence-corrected chi connectivity index (χ0v) is 8.91. The summed E-state index contributed by atoms with van der Waals surface area (Å²) in [7, 11) is 5.66. The van der Waals surface area contributed by atoms with Gasteiger partial charge in [-0.05, 0) is 0 Å². The Kier molecular flexibility index (Phi) is 7.44. The van der Waals surface area contributed by atoms with Crippen molar-refractivity contribution in [1.29, 1.82) is 0 Å². The molecule has 1 unspecified atom stereocenters. The highest BCUT2D eigenvalue weighted by molar-refractivity contribution is 5.64. The molecule has 0 amide bonds. The predicted molar refractivity (Wildman–Crippen MR) is 47.3 cm³/mol. The number of carbonyl (C=O) groups excluding carboxylic acids is 1. The molecule has 0 aromatic heterocycles. The summed E-state index contributed by atoms with van der Waals surface area (Å²) >= 11 is 0. The van der Waals surface area contributed by atoms with Gasteiger partial charge in [0, 0.05) is 12.4 Å². The van der Waals surface area contributed by atoms with Crippen LogP contribution < -0.4 is 5.11 Å². The molecule has 0 bridgehead atoms. The highest BCUT2D eigenvalue weighted by Gasteiger charge is 2.14. The maximum absolute atomic E-state index is 10.0. The highest BCUT2D eigenvalue weighted by atomic mass is 16.9. The average molecular weight is 224 g/mol. The van der Waals surface area contributed by atoms with Crippen molar-refractivity contribution >= 4 is 5.97 Å². The molecule has 90 valence electrons. The van der Waals surface area contributed by atoms with E-state index in [1.165, 1.54) is 0 Å². The number of aliphatic hydroxyl groups excluding tert-OH is 1. The Hall–Kier alpha value is -1.41. The van der Waals surface area contributed by atoms with E-state index < -0.39 is 17.2 Å². The van der Waals surface area contributed by atoms with Crippen molar-refractivity contribution in [1.82, 2.24) is 0 Å². The number of carboxylic acid groups (broad SMARTS) is 1. The number of rotatable bonds is 4. The van der Waals surface area contributed by atoms with Crippen molar-refractivity contribution in [3.8, 4) is 0 Å². The monoisotopic (exact) mass is 224 g/mol. The number of hydrogen-bond acceptors (Lipinski definition) is 5. The van der Waals surface area contributed by atoms with Crippen LogP contribution in [0.5, 0.6) is 0 Å². The summed E-state index contributed by atoms with van der Waals surface area (Å²) in [6.07, 6.45) is -1.09. The molecule has 0 radical (unpaired) electrons. The van der Waals surface area contributed by atoms with Crippen molar-refractivity contribution in [2.24, 2.45) is 0 Å². The Balaban J connectivity index is 0. The normalized spacial score (nSPS) is 12.3. The molecule has 0 spiro atoms. The summed E-state index contributed by atoms with van der Waals surface area (Å²) in [5.74, 6) is -1.20. The van der Waals surface area contributed by atoms with Crippen molar-refractivity contribution in [2.45, 2.75) is 12.5 Å². The summed E-state index contributed by atoms with van der Waals surface area (Å²) in [4.78, 5) is 18.4. The van der Waals surface area contributed by atoms with Crippen LogP contribution in [-0.2, 0) is 4.79 Å². The molecule has 8 nitrogen and oxygen atoms in total. The first-order valence-electron chi connectivity index (χ1n) is 4.06. The van der Waals surface area contributed by atoms with Crippen LogP contribution in [0.1, 0.15) is 6.42 Å². The second-order valence-corrected chi connectivity index (χ2v) is 3.94. The minimum absolute atomic E-state index is 0.282. The average Bonchev–Trinajstić information content (AvgIpc) is 1.76. The molecule has 2 N–H and O–H groups in total. The highest BCUT2D eigenvalue weighted by Crippen LogP contribution is 1.97. The predicted octanol–water partition coefficient (Wildman–Crippen LogP) is -2.15. The van der Waals surface area contributed by atoms with Gasteiger partial charge in [-0.15, -0.1) is 10.1 Å². The zero-order chi connectivity index (χ0) is 12.6. The van der Waals surface area contributed by atoms with Gasteiger partial charge < -0.3 is 24.7 Å². The van der Waals surface area contributed by atoms with Crippen molar-refractivity contribution in [3.63, 3.8) is 0 Å². The topological polar surface area (TPSA) is 124 Å². The van der Waals surface area contributed by atoms with Crippen molar-refractivity contribution < 1.29 is 29.8 Å². The molecule has 15 heavy (non-hydrogen) atoms. The van der Waals surface area contributed by atoms with Crippen LogP contribution in [-0.4, -0.2) is 59.6 Å². The Labute approximate surface area is 87.1 Å². The van der Waals surface area contributed by atoms with Gasteiger partial charge in [-0.3, -0.25) is 0 Å². The Morgan fingerprint density at radius 3 is 2.00 bits per heavy atom. The molecule has 0 saturated carbocycles. The first-order chi connectivity index (χ1) is 6.54. The SMILES string of the molecule is C[N+](C)(C)CC(O)CC(=O)[O-].O=[N+]([O-])O. The number of hydrogen-bond donors (Lipinski definition) is 2. The van der Waals surface area contributed by atoms with Gasteiger partial charge >= 0.3 is 0 Å². The minimum atomic E-state index is -1.50. The molecular weight excluding hydrogens is 208 g/mol. The van der Waals surface area contributed by atoms with Gasteiger partial charge in [-0.2, -0.15) is 0 Å². The summed E-state index contributed by atoms with van der Waals surface area (Å²) in [6, 6.07) is 0. The van der Waals surface area contributed by atoms with Crippen LogP contribution in [0.4, 0.5) is 0 Å². The maximum atomic E-state index is 10.0. The molecule has 0 aromatic carbocycles. The van der Waals surface area contributed by atoms with E-state index in [2.05, 4.69) is 0 Å². The van der Waals surface area contributed by atoms with Crippen molar-refractivity contribution in [2.75, 3.05) is 27.7 Å². The van der Waals surface area contributed by atoms with Crippen LogP contribution in [0.25, 0.3) is 0 Å². The molecule has 0 fully saturated rings. The number of likely N-dealkylation sites (N-methyl/N-ethyl adjacent to an activating group) is 1. The molecule has 1 atom stereocenters. The second-order valence-electron chi connectivity index (χ2n) is 3.94. The van der Waals surface area contributed by atoms with E-state index in [1.807, 2.05) is 21.1 Å². The van der Waals surface area contributed by atoms with Gasteiger partial charge in [0.15, 0.2) is 0 Å². The summed E-state index contributed by atoms with van der Waals surface area (Å²) in [6.45, 7) is 0.425. The molecule has 0 aromatic rings. The fourth-order valence-corrected chi connectivity index (χ4v) is 0.889. The lowest BCUT2D eigenvalue weighted by Crippen LogP contribution is -2.43. The first kappa shape index (κ1) is 16.0. The molecule has 0 aliphatic rings. The fraction of sp³-hybridized carbons (Fsp3) is 0.857. The summed E-state index contributed by atoms with van der Waals surface area (Å²) < 4.78 is 0.550. The second kappa shape index (κ2) is 6.96. The van der Waals surface area contributed by atoms with E-state index >= 15 is 0 Å². The van der Waals surface area contributed by atoms with E-state index in [-0.39, 0.29) is 6.42 Å². The molecule has 0 rings (SSSR count). The van der Waals surface area contributed by atoms with E-state index in [9.17, 15) is 9.90 Å². The number of aliphatic carboxylic acids is 1. The Bertz CT molecular complexity index is 208. The van der Waals surface area contributed by atoms with Gasteiger partial charge in [-0.25, -0.2) is 0 Å². The van der Waals surface area contributed by atoms with Crippen molar-refractivity contribution in [3.05, 3.63) is 10.1 Å². The van der Waals surface area contributed by atoms with Crippen LogP contribution >= 0.6 is 0 Å². The number of nitrogens with zero attached hydrogens (tertiary/aromatic N) is 2. The van der Waals surface area contributed by atoms with Crippen LogP contribution in [0.15, 0.2) is 0 Å². The lowest BCUT2D eigenvalue weighted by molar-refractivity contribution is -0.873. The third kappa shape index (κ3) is 24.5. The lowest BCUT2D eigenvalue weighted by Gasteiger charge is -2.26. The standard InChI is InChI=1S/C7H15NO3.HNO3/c1-8(2,3)5-6(9)4-7(10)11;2-1(3)4/h6,9H,4-5H2,1-3H3;(H,2,3,4). The first-order valence-corrected chi connectivity index (χ1v) is 4.06. The Morgan fingerprint density at radius 2 is 1.80 bits per heavy atom. The lowest BCUT2D eigenvalue weighted by atomic mass is 10.2. The number of carboxylic acids is 1. The smallest absolute Gasteiger partial charge is 0.291 e. The molecule has 8 heteroatoms. The van der Waals surface area contributed by atoms with Gasteiger partial charge in [0.25, 0.3) is 5.09 Å². The summed E-state index contributed by atoms with van der Waals surface area (Å²) in [5, 5.41) is 32.8. The van der Waals surface area contributed by atoms with Crippen LogP contribution in [0, 0.1) is 10.1 Å². The molecule has 0 heterocycles. The van der Waals surface area contributed by atoms with Gasteiger partial charge in [0.2, 0.25) is 0 Å². The summed E-state index contributed by atoms with van der Waals surface area (Å²) in [5.41, 5.74) is 0.